The van der Waals surface area contributed by atoms with Crippen LogP contribution < -0.4 is 10.5 Å². The van der Waals surface area contributed by atoms with Crippen molar-refractivity contribution in [1.29, 1.82) is 0 Å². The topological polar surface area (TPSA) is 61.0 Å². The van der Waals surface area contributed by atoms with E-state index in [2.05, 4.69) is 9.97 Å². The number of nitrogens with zero attached hydrogens (tertiary/aromatic N) is 2. The number of benzene rings is 1. The number of nitrogens with two attached hydrogens (primary N) is 1. The number of nitrogen functional groups attached to an aromatic ring is 1. The average molecular weight is 243 g/mol. The van der Waals surface area contributed by atoms with E-state index in [9.17, 15) is 0 Å². The fourth-order valence-electron chi connectivity index (χ4n) is 2.27. The van der Waals surface area contributed by atoms with Gasteiger partial charge in [-0.3, -0.25) is 0 Å². The highest BCUT2D eigenvalue weighted by atomic mass is 16.5. The van der Waals surface area contributed by atoms with Gasteiger partial charge in [0, 0.05) is 5.69 Å². The van der Waals surface area contributed by atoms with E-state index in [4.69, 9.17) is 10.5 Å². The van der Waals surface area contributed by atoms with Crippen LogP contribution >= 0.6 is 0 Å². The van der Waals surface area contributed by atoms with Gasteiger partial charge in [0.15, 0.2) is 0 Å². The summed E-state index contributed by atoms with van der Waals surface area (Å²) in [6.45, 7) is 0.728. The molecular formula is C14H17N3O. The lowest BCUT2D eigenvalue weighted by molar-refractivity contribution is 0.219. The quantitative estimate of drug-likeness (QED) is 0.839. The molecule has 3 rings (SSSR count). The second kappa shape index (κ2) is 4.80. The molecule has 0 saturated heterocycles. The molecule has 0 radical (unpaired) electrons. The van der Waals surface area contributed by atoms with Crippen LogP contribution in [0.1, 0.15) is 25.7 Å². The summed E-state index contributed by atoms with van der Waals surface area (Å²) in [6, 6.07) is 5.60. The molecule has 2 aromatic rings. The largest absolute Gasteiger partial charge is 0.477 e. The van der Waals surface area contributed by atoms with Crippen molar-refractivity contribution in [2.45, 2.75) is 25.7 Å². The normalized spacial score (nSPS) is 15.6. The van der Waals surface area contributed by atoms with E-state index < -0.39 is 0 Å². The SMILES string of the molecule is Nc1ccc2ncnc(OCCC3CCC3)c2c1. The fourth-order valence-corrected chi connectivity index (χ4v) is 2.27. The van der Waals surface area contributed by atoms with Crippen LogP contribution in [-0.2, 0) is 0 Å². The minimum atomic E-state index is 0.645. The van der Waals surface area contributed by atoms with Crippen molar-refractivity contribution in [3.05, 3.63) is 24.5 Å². The van der Waals surface area contributed by atoms with Gasteiger partial charge in [0.2, 0.25) is 5.88 Å². The minimum absolute atomic E-state index is 0.645. The lowest BCUT2D eigenvalue weighted by Gasteiger charge is -2.24. The van der Waals surface area contributed by atoms with Crippen molar-refractivity contribution in [1.82, 2.24) is 9.97 Å². The molecule has 1 saturated carbocycles. The second-order valence-electron chi connectivity index (χ2n) is 4.89. The number of aromatic nitrogens is 2. The van der Waals surface area contributed by atoms with Crippen LogP contribution in [0.5, 0.6) is 5.88 Å². The number of rotatable bonds is 4. The molecule has 1 aromatic carbocycles. The predicted molar refractivity (Wildman–Crippen MR) is 71.4 cm³/mol. The van der Waals surface area contributed by atoms with Gasteiger partial charge >= 0.3 is 0 Å². The summed E-state index contributed by atoms with van der Waals surface area (Å²) in [4.78, 5) is 8.41. The first-order valence-corrected chi connectivity index (χ1v) is 6.46. The summed E-state index contributed by atoms with van der Waals surface area (Å²) in [5, 5.41) is 0.895. The molecule has 1 aliphatic rings. The lowest BCUT2D eigenvalue weighted by Crippen LogP contribution is -2.14. The molecule has 0 amide bonds. The van der Waals surface area contributed by atoms with Crippen LogP contribution in [0, 0.1) is 5.92 Å². The molecule has 0 bridgehead atoms. The molecule has 0 atom stereocenters. The van der Waals surface area contributed by atoms with Crippen LogP contribution in [0.15, 0.2) is 24.5 Å². The van der Waals surface area contributed by atoms with Gasteiger partial charge < -0.3 is 10.5 Å². The maximum absolute atomic E-state index is 5.79. The van der Waals surface area contributed by atoms with Gasteiger partial charge in [0.25, 0.3) is 0 Å². The Morgan fingerprint density at radius 3 is 2.94 bits per heavy atom. The van der Waals surface area contributed by atoms with Gasteiger partial charge in [0.05, 0.1) is 17.5 Å². The molecule has 0 spiro atoms. The lowest BCUT2D eigenvalue weighted by atomic mass is 9.83. The van der Waals surface area contributed by atoms with Crippen molar-refractivity contribution < 1.29 is 4.74 Å². The van der Waals surface area contributed by atoms with Crippen molar-refractivity contribution in [3.8, 4) is 5.88 Å². The summed E-state index contributed by atoms with van der Waals surface area (Å²) >= 11 is 0. The first-order valence-electron chi connectivity index (χ1n) is 6.46. The van der Waals surface area contributed by atoms with Gasteiger partial charge in [-0.15, -0.1) is 0 Å². The molecule has 4 heteroatoms. The maximum Gasteiger partial charge on any atom is 0.224 e. The zero-order valence-electron chi connectivity index (χ0n) is 10.3. The monoisotopic (exact) mass is 243 g/mol. The zero-order valence-corrected chi connectivity index (χ0v) is 10.3. The Bertz CT molecular complexity index is 552. The molecule has 94 valence electrons. The molecule has 0 unspecified atom stereocenters. The number of fused-ring (bicyclic) bond motifs is 1. The van der Waals surface area contributed by atoms with E-state index in [1.807, 2.05) is 18.2 Å². The van der Waals surface area contributed by atoms with Crippen molar-refractivity contribution in [2.75, 3.05) is 12.3 Å². The standard InChI is InChI=1S/C14H17N3O/c15-11-4-5-13-12(8-11)14(17-9-16-13)18-7-6-10-2-1-3-10/h4-5,8-10H,1-3,6-7,15H2. The highest BCUT2D eigenvalue weighted by Crippen LogP contribution is 2.30. The number of anilines is 1. The van der Waals surface area contributed by atoms with Crippen molar-refractivity contribution in [2.24, 2.45) is 5.92 Å². The molecule has 1 fully saturated rings. The fraction of sp³-hybridized carbons (Fsp3) is 0.429. The van der Waals surface area contributed by atoms with E-state index in [-0.39, 0.29) is 0 Å². The molecule has 18 heavy (non-hydrogen) atoms. The van der Waals surface area contributed by atoms with Gasteiger partial charge in [0.1, 0.15) is 6.33 Å². The Morgan fingerprint density at radius 2 is 2.17 bits per heavy atom. The third kappa shape index (κ3) is 2.23. The minimum Gasteiger partial charge on any atom is -0.477 e. The van der Waals surface area contributed by atoms with Crippen molar-refractivity contribution in [3.63, 3.8) is 0 Å². The number of hydrogen-bond donors (Lipinski definition) is 1. The van der Waals surface area contributed by atoms with E-state index in [0.29, 0.717) is 11.6 Å². The van der Waals surface area contributed by atoms with Crippen molar-refractivity contribution >= 4 is 16.6 Å². The third-order valence-corrected chi connectivity index (χ3v) is 3.61. The van der Waals surface area contributed by atoms with Gasteiger partial charge in [-0.25, -0.2) is 9.97 Å². The Kier molecular flexibility index (Phi) is 3.00. The summed E-state index contributed by atoms with van der Waals surface area (Å²) < 4.78 is 5.77. The van der Waals surface area contributed by atoms with Gasteiger partial charge in [-0.1, -0.05) is 19.3 Å². The Hall–Kier alpha value is -1.84. The smallest absolute Gasteiger partial charge is 0.224 e. The molecule has 2 N–H and O–H groups in total. The zero-order chi connectivity index (χ0) is 12.4. The van der Waals surface area contributed by atoms with Gasteiger partial charge in [-0.2, -0.15) is 0 Å². The third-order valence-electron chi connectivity index (χ3n) is 3.61. The Balaban J connectivity index is 1.75. The van der Waals surface area contributed by atoms with E-state index in [0.717, 1.165) is 29.8 Å². The highest BCUT2D eigenvalue weighted by molar-refractivity contribution is 5.86. The van der Waals surface area contributed by atoms with E-state index >= 15 is 0 Å². The highest BCUT2D eigenvalue weighted by Gasteiger charge is 2.17. The summed E-state index contributed by atoms with van der Waals surface area (Å²) in [6.07, 6.45) is 6.73. The summed E-state index contributed by atoms with van der Waals surface area (Å²) in [5.74, 6) is 1.50. The number of ether oxygens (including phenoxy) is 1. The average Bonchev–Trinajstić information content (AvgIpc) is 2.32. The first-order chi connectivity index (χ1) is 8.83. The van der Waals surface area contributed by atoms with Crippen LogP contribution in [-0.4, -0.2) is 16.6 Å². The predicted octanol–water partition coefficient (Wildman–Crippen LogP) is 2.78. The summed E-state index contributed by atoms with van der Waals surface area (Å²) in [7, 11) is 0. The first kappa shape index (κ1) is 11.3. The summed E-state index contributed by atoms with van der Waals surface area (Å²) in [5.41, 5.74) is 7.37. The van der Waals surface area contributed by atoms with Crippen LogP contribution in [0.3, 0.4) is 0 Å². The number of hydrogen-bond acceptors (Lipinski definition) is 4. The maximum atomic E-state index is 5.79. The Morgan fingerprint density at radius 1 is 1.28 bits per heavy atom. The van der Waals surface area contributed by atoms with Crippen LogP contribution in [0.4, 0.5) is 5.69 Å². The molecule has 4 nitrogen and oxygen atoms in total. The Labute approximate surface area is 106 Å². The molecular weight excluding hydrogens is 226 g/mol. The molecule has 1 heterocycles. The molecule has 1 aliphatic carbocycles. The van der Waals surface area contributed by atoms with Crippen LogP contribution in [0.25, 0.3) is 10.9 Å². The van der Waals surface area contributed by atoms with E-state index in [1.165, 1.54) is 25.6 Å². The van der Waals surface area contributed by atoms with Crippen LogP contribution in [0.2, 0.25) is 0 Å². The van der Waals surface area contributed by atoms with Gasteiger partial charge in [-0.05, 0) is 30.5 Å². The molecule has 1 aromatic heterocycles. The van der Waals surface area contributed by atoms with E-state index in [1.54, 1.807) is 0 Å². The second-order valence-corrected chi connectivity index (χ2v) is 4.89. The molecule has 0 aliphatic heterocycles.